The van der Waals surface area contributed by atoms with Crippen molar-refractivity contribution in [1.29, 1.82) is 0 Å². The van der Waals surface area contributed by atoms with E-state index < -0.39 is 0 Å². The van der Waals surface area contributed by atoms with Gasteiger partial charge in [-0.05, 0) is 43.3 Å². The first kappa shape index (κ1) is 13.5. The first-order valence-corrected chi connectivity index (χ1v) is 6.80. The van der Waals surface area contributed by atoms with E-state index in [0.29, 0.717) is 31.3 Å². The van der Waals surface area contributed by atoms with E-state index in [9.17, 15) is 9.18 Å². The first-order chi connectivity index (χ1) is 10.2. The molecular weight excluding hydrogens is 271 g/mol. The first-order valence-electron chi connectivity index (χ1n) is 6.80. The zero-order valence-electron chi connectivity index (χ0n) is 11.7. The van der Waals surface area contributed by atoms with Crippen LogP contribution >= 0.6 is 0 Å². The number of benzene rings is 1. The molecule has 1 aliphatic heterocycles. The van der Waals surface area contributed by atoms with Gasteiger partial charge in [0.15, 0.2) is 5.82 Å². The molecule has 6 heteroatoms. The molecule has 1 fully saturated rings. The molecule has 1 aromatic heterocycles. The van der Waals surface area contributed by atoms with Crippen molar-refractivity contribution >= 4 is 11.7 Å². The van der Waals surface area contributed by atoms with Gasteiger partial charge in [-0.3, -0.25) is 4.79 Å². The summed E-state index contributed by atoms with van der Waals surface area (Å²) in [4.78, 5) is 15.4. The van der Waals surface area contributed by atoms with Crippen LogP contribution in [0.15, 0.2) is 36.4 Å². The minimum Gasteiger partial charge on any atom is -0.328 e. The zero-order valence-corrected chi connectivity index (χ0v) is 11.7. The van der Waals surface area contributed by atoms with E-state index in [1.165, 1.54) is 12.1 Å². The molecule has 21 heavy (non-hydrogen) atoms. The van der Waals surface area contributed by atoms with E-state index >= 15 is 0 Å². The van der Waals surface area contributed by atoms with Crippen molar-refractivity contribution in [3.05, 3.63) is 42.2 Å². The third kappa shape index (κ3) is 2.69. The summed E-state index contributed by atoms with van der Waals surface area (Å²) in [6, 6.07) is 9.77. The van der Waals surface area contributed by atoms with Crippen LogP contribution < -0.4 is 4.90 Å². The van der Waals surface area contributed by atoms with Gasteiger partial charge in [0.25, 0.3) is 0 Å². The summed E-state index contributed by atoms with van der Waals surface area (Å²) in [5.41, 5.74) is 1.49. The minimum absolute atomic E-state index is 0.0990. The molecule has 1 aromatic carbocycles. The Kier molecular flexibility index (Phi) is 3.51. The van der Waals surface area contributed by atoms with Crippen molar-refractivity contribution in [3.63, 3.8) is 0 Å². The van der Waals surface area contributed by atoms with Crippen LogP contribution in [-0.4, -0.2) is 40.8 Å². The van der Waals surface area contributed by atoms with Crippen LogP contribution in [0.1, 0.15) is 6.92 Å². The highest BCUT2D eigenvalue weighted by atomic mass is 19.1. The van der Waals surface area contributed by atoms with Gasteiger partial charge >= 0.3 is 0 Å². The lowest BCUT2D eigenvalue weighted by Crippen LogP contribution is -2.27. The lowest BCUT2D eigenvalue weighted by Gasteiger charge is -2.16. The summed E-state index contributed by atoms with van der Waals surface area (Å²) in [5.74, 6) is 0.491. The van der Waals surface area contributed by atoms with Gasteiger partial charge in [0, 0.05) is 12.1 Å². The number of carbonyl (C=O) groups excluding carboxylic acids is 1. The number of aromatic nitrogens is 2. The number of halogens is 1. The van der Waals surface area contributed by atoms with Crippen molar-refractivity contribution in [2.75, 3.05) is 24.7 Å². The molecule has 1 saturated heterocycles. The number of hydrogen-bond acceptors (Lipinski definition) is 4. The second-order valence-electron chi connectivity index (χ2n) is 4.87. The normalized spacial score (nSPS) is 14.9. The number of amides is 1. The molecule has 0 saturated carbocycles. The lowest BCUT2D eigenvalue weighted by molar-refractivity contribution is -0.126. The Morgan fingerprint density at radius 2 is 1.90 bits per heavy atom. The Morgan fingerprint density at radius 1 is 1.14 bits per heavy atom. The summed E-state index contributed by atoms with van der Waals surface area (Å²) < 4.78 is 12.9. The molecule has 0 N–H and O–H groups in total. The number of anilines is 1. The molecule has 3 rings (SSSR count). The van der Waals surface area contributed by atoms with Crippen molar-refractivity contribution in [2.24, 2.45) is 0 Å². The Balaban J connectivity index is 1.78. The fourth-order valence-corrected chi connectivity index (χ4v) is 2.30. The van der Waals surface area contributed by atoms with Crippen molar-refractivity contribution in [2.45, 2.75) is 6.92 Å². The molecule has 0 spiro atoms. The number of nitrogens with zero attached hydrogens (tertiary/aromatic N) is 4. The fraction of sp³-hybridized carbons (Fsp3) is 0.267. The molecule has 0 aliphatic carbocycles. The van der Waals surface area contributed by atoms with E-state index in [1.54, 1.807) is 17.0 Å². The molecule has 0 bridgehead atoms. The number of rotatable bonds is 3. The highest BCUT2D eigenvalue weighted by Gasteiger charge is 2.27. The van der Waals surface area contributed by atoms with Gasteiger partial charge in [-0.1, -0.05) is 0 Å². The SMILES string of the molecule is CCN1CN(c2ccc(-c3ccc(F)cc3)nn2)CC1=O. The van der Waals surface area contributed by atoms with Gasteiger partial charge in [0.1, 0.15) is 12.4 Å². The smallest absolute Gasteiger partial charge is 0.243 e. The van der Waals surface area contributed by atoms with Gasteiger partial charge < -0.3 is 9.80 Å². The third-order valence-electron chi connectivity index (χ3n) is 3.52. The zero-order chi connectivity index (χ0) is 14.8. The van der Waals surface area contributed by atoms with Crippen LogP contribution in [-0.2, 0) is 4.79 Å². The molecule has 0 unspecified atom stereocenters. The van der Waals surface area contributed by atoms with Gasteiger partial charge in [-0.2, -0.15) is 0 Å². The second-order valence-corrected chi connectivity index (χ2v) is 4.87. The van der Waals surface area contributed by atoms with E-state index in [2.05, 4.69) is 10.2 Å². The second kappa shape index (κ2) is 5.47. The van der Waals surface area contributed by atoms with Crippen LogP contribution in [0.2, 0.25) is 0 Å². The lowest BCUT2D eigenvalue weighted by atomic mass is 10.1. The topological polar surface area (TPSA) is 49.3 Å². The molecule has 2 heterocycles. The summed E-state index contributed by atoms with van der Waals surface area (Å²) in [6.07, 6.45) is 0. The van der Waals surface area contributed by atoms with Gasteiger partial charge in [0.2, 0.25) is 5.91 Å². The maximum absolute atomic E-state index is 12.9. The monoisotopic (exact) mass is 286 g/mol. The van der Waals surface area contributed by atoms with E-state index in [-0.39, 0.29) is 11.7 Å². The average Bonchev–Trinajstić information content (AvgIpc) is 2.89. The van der Waals surface area contributed by atoms with Crippen LogP contribution in [0, 0.1) is 5.82 Å². The van der Waals surface area contributed by atoms with Crippen LogP contribution in [0.4, 0.5) is 10.2 Å². The molecule has 108 valence electrons. The fourth-order valence-electron chi connectivity index (χ4n) is 2.30. The predicted molar refractivity (Wildman–Crippen MR) is 77.0 cm³/mol. The Bertz CT molecular complexity index is 642. The molecular formula is C15H15FN4O. The Hall–Kier alpha value is -2.50. The van der Waals surface area contributed by atoms with Gasteiger partial charge in [0.05, 0.1) is 12.4 Å². The molecule has 1 aliphatic rings. The maximum Gasteiger partial charge on any atom is 0.243 e. The van der Waals surface area contributed by atoms with Gasteiger partial charge in [-0.15, -0.1) is 10.2 Å². The average molecular weight is 286 g/mol. The third-order valence-corrected chi connectivity index (χ3v) is 3.52. The number of likely N-dealkylation sites (N-methyl/N-ethyl adjacent to an activating group) is 1. The highest BCUT2D eigenvalue weighted by molar-refractivity contribution is 5.84. The van der Waals surface area contributed by atoms with E-state index in [4.69, 9.17) is 0 Å². The largest absolute Gasteiger partial charge is 0.328 e. The standard InChI is InChI=1S/C15H15FN4O/c1-2-19-10-20(9-15(19)21)14-8-7-13(17-18-14)11-3-5-12(16)6-4-11/h3-8H,2,9-10H2,1H3. The molecule has 0 atom stereocenters. The summed E-state index contributed by atoms with van der Waals surface area (Å²) >= 11 is 0. The number of carbonyl (C=O) groups is 1. The van der Waals surface area contributed by atoms with Crippen molar-refractivity contribution < 1.29 is 9.18 Å². The van der Waals surface area contributed by atoms with Crippen molar-refractivity contribution in [3.8, 4) is 11.3 Å². The summed E-state index contributed by atoms with van der Waals surface area (Å²) in [6.45, 7) is 3.51. The Labute approximate surface area is 122 Å². The summed E-state index contributed by atoms with van der Waals surface area (Å²) in [7, 11) is 0. The van der Waals surface area contributed by atoms with E-state index in [0.717, 1.165) is 5.56 Å². The van der Waals surface area contributed by atoms with Crippen LogP contribution in [0.3, 0.4) is 0 Å². The van der Waals surface area contributed by atoms with Gasteiger partial charge in [-0.25, -0.2) is 4.39 Å². The molecule has 5 nitrogen and oxygen atoms in total. The molecule has 1 amide bonds. The number of hydrogen-bond donors (Lipinski definition) is 0. The van der Waals surface area contributed by atoms with Crippen LogP contribution in [0.5, 0.6) is 0 Å². The van der Waals surface area contributed by atoms with Crippen molar-refractivity contribution in [1.82, 2.24) is 15.1 Å². The maximum atomic E-state index is 12.9. The predicted octanol–water partition coefficient (Wildman–Crippen LogP) is 1.91. The minimum atomic E-state index is -0.279. The quantitative estimate of drug-likeness (QED) is 0.865. The Morgan fingerprint density at radius 3 is 2.48 bits per heavy atom. The molecule has 2 aromatic rings. The summed E-state index contributed by atoms with van der Waals surface area (Å²) in [5, 5.41) is 8.32. The molecule has 0 radical (unpaired) electrons. The highest BCUT2D eigenvalue weighted by Crippen LogP contribution is 2.20. The van der Waals surface area contributed by atoms with E-state index in [1.807, 2.05) is 24.0 Å². The van der Waals surface area contributed by atoms with Crippen LogP contribution in [0.25, 0.3) is 11.3 Å².